The monoisotopic (exact) mass is 562 g/mol. The molecule has 0 saturated carbocycles. The van der Waals surface area contributed by atoms with E-state index in [1.165, 1.54) is 31.9 Å². The molecule has 186 valence electrons. The zero-order chi connectivity index (χ0) is 26.0. The lowest BCUT2D eigenvalue weighted by atomic mass is 9.96. The van der Waals surface area contributed by atoms with Gasteiger partial charge in [-0.2, -0.15) is 22.2 Å². The van der Waals surface area contributed by atoms with Crippen LogP contribution in [0.2, 0.25) is 0 Å². The van der Waals surface area contributed by atoms with Gasteiger partial charge in [0.15, 0.2) is 0 Å². The molecule has 2 unspecified atom stereocenters. The van der Waals surface area contributed by atoms with E-state index >= 15 is 0 Å². The molecule has 38 heavy (non-hydrogen) atoms. The summed E-state index contributed by atoms with van der Waals surface area (Å²) in [6.45, 7) is 0. The first-order valence-corrected chi connectivity index (χ1v) is 19.2. The molecule has 1 aliphatic carbocycles. The molecule has 5 aromatic carbocycles. The van der Waals surface area contributed by atoms with Crippen LogP contribution in [0.1, 0.15) is 22.2 Å². The predicted molar refractivity (Wildman–Crippen MR) is 169 cm³/mol. The number of halogens is 2. The number of hydrogen-bond donors (Lipinski definition) is 0. The number of allylic oxidation sites excluding steroid dienone is 2. The van der Waals surface area contributed by atoms with E-state index in [0.717, 1.165) is 0 Å². The normalized spacial score (nSPS) is 17.1. The molecule has 0 bridgehead atoms. The van der Waals surface area contributed by atoms with E-state index in [-0.39, 0.29) is 11.1 Å². The fourth-order valence-electron chi connectivity index (χ4n) is 5.98. The summed E-state index contributed by atoms with van der Waals surface area (Å²) < 4.78 is 0. The van der Waals surface area contributed by atoms with Crippen LogP contribution in [-0.4, -0.2) is 14.8 Å². The van der Waals surface area contributed by atoms with Gasteiger partial charge in [0.1, 0.15) is 0 Å². The number of rotatable bonds is 6. The van der Waals surface area contributed by atoms with Gasteiger partial charge >= 0.3 is 0 Å². The van der Waals surface area contributed by atoms with Crippen molar-refractivity contribution in [3.8, 4) is 0 Å². The molecular weight excluding hydrogens is 535 g/mol. The third kappa shape index (κ3) is 4.22. The van der Waals surface area contributed by atoms with Crippen LogP contribution in [0.4, 0.5) is 0 Å². The number of benzene rings is 5. The first-order valence-electron chi connectivity index (χ1n) is 13.0. The smallest absolute Gasteiger partial charge is 0.154 e. The first-order chi connectivity index (χ1) is 18.6. The summed E-state index contributed by atoms with van der Waals surface area (Å²) in [5, 5.41) is 4.88. The lowest BCUT2D eigenvalue weighted by Crippen LogP contribution is -2.61. The average Bonchev–Trinajstić information content (AvgIpc) is 3.01. The second-order valence-electron chi connectivity index (χ2n) is 9.86. The van der Waals surface area contributed by atoms with E-state index in [0.29, 0.717) is 0 Å². The van der Waals surface area contributed by atoms with Crippen LogP contribution < -0.4 is 20.7 Å². The third-order valence-electron chi connectivity index (χ3n) is 7.79. The Kier molecular flexibility index (Phi) is 6.98. The lowest BCUT2D eigenvalue weighted by molar-refractivity contribution is 1.01. The summed E-state index contributed by atoms with van der Waals surface area (Å²) in [6, 6.07) is 51.5. The quantitative estimate of drug-likeness (QED) is 0.126. The Morgan fingerprint density at radius 1 is 0.342 bits per heavy atom. The van der Waals surface area contributed by atoms with Crippen molar-refractivity contribution in [2.24, 2.45) is 0 Å². The molecule has 5 aromatic rings. The van der Waals surface area contributed by atoms with Gasteiger partial charge in [-0.1, -0.05) is 158 Å². The highest BCUT2D eigenvalue weighted by Gasteiger charge is 2.50. The summed E-state index contributed by atoms with van der Waals surface area (Å²) in [5.74, 6) is 0. The fraction of sp³-hybridized carbons (Fsp3) is 0.0588. The zero-order valence-corrected chi connectivity index (χ0v) is 24.4. The van der Waals surface area contributed by atoms with Crippen LogP contribution in [0.15, 0.2) is 158 Å². The van der Waals surface area contributed by atoms with Gasteiger partial charge < -0.3 is 0 Å². The summed E-state index contributed by atoms with van der Waals surface area (Å²) in [6.07, 6.45) is 4.75. The van der Waals surface area contributed by atoms with Crippen LogP contribution in [0.25, 0.3) is 0 Å². The molecule has 0 nitrogen and oxygen atoms in total. The largest absolute Gasteiger partial charge is 0.228 e. The van der Waals surface area contributed by atoms with Crippen molar-refractivity contribution in [2.75, 3.05) is 0 Å². The number of hydrogen-bond acceptors (Lipinski definition) is 0. The van der Waals surface area contributed by atoms with Gasteiger partial charge in [0.05, 0.1) is 0 Å². The highest BCUT2D eigenvalue weighted by Crippen LogP contribution is 2.44. The van der Waals surface area contributed by atoms with E-state index in [9.17, 15) is 0 Å². The molecule has 0 saturated heterocycles. The van der Waals surface area contributed by atoms with Gasteiger partial charge in [0, 0.05) is 11.1 Å². The second-order valence-corrected chi connectivity index (χ2v) is 19.8. The molecule has 0 fully saturated rings. The van der Waals surface area contributed by atoms with Gasteiger partial charge in [-0.3, -0.25) is 0 Å². The third-order valence-corrected chi connectivity index (χ3v) is 19.2. The lowest BCUT2D eigenvalue weighted by Gasteiger charge is -2.41. The van der Waals surface area contributed by atoms with Crippen molar-refractivity contribution in [2.45, 2.75) is 11.1 Å². The van der Waals surface area contributed by atoms with Gasteiger partial charge in [-0.15, -0.1) is 0 Å². The van der Waals surface area contributed by atoms with Crippen molar-refractivity contribution in [1.82, 2.24) is 0 Å². The Hall–Kier alpha value is -3.15. The molecule has 4 heteroatoms. The van der Waals surface area contributed by atoms with Crippen molar-refractivity contribution in [3.05, 3.63) is 169 Å². The topological polar surface area (TPSA) is 0 Å². The Morgan fingerprint density at radius 3 is 0.842 bits per heavy atom. The molecule has 2 atom stereocenters. The van der Waals surface area contributed by atoms with Gasteiger partial charge in [-0.25, -0.2) is 0 Å². The van der Waals surface area contributed by atoms with Gasteiger partial charge in [0.25, 0.3) is 0 Å². The molecule has 6 rings (SSSR count). The molecular formula is C34H28Cl2Si2. The molecule has 0 heterocycles. The minimum absolute atomic E-state index is 0.0721. The molecule has 1 aliphatic rings. The molecule has 0 radical (unpaired) electrons. The SMILES string of the molecule is Cl[Si](c1ccccc1)(c1ccccc1)C1C=CC([Si](Cl)(c2ccccc2)c2ccccc2)c2ccccc21. The average molecular weight is 564 g/mol. The fourth-order valence-corrected chi connectivity index (χ4v) is 15.6. The minimum atomic E-state index is -2.74. The van der Waals surface area contributed by atoms with Crippen molar-refractivity contribution >= 4 is 57.7 Å². The molecule has 0 amide bonds. The van der Waals surface area contributed by atoms with Crippen LogP contribution >= 0.6 is 22.2 Å². The van der Waals surface area contributed by atoms with Gasteiger partial charge in [0.2, 0.25) is 14.8 Å². The summed E-state index contributed by atoms with van der Waals surface area (Å²) in [7, 11) is -5.48. The van der Waals surface area contributed by atoms with Crippen molar-refractivity contribution in [1.29, 1.82) is 0 Å². The Labute approximate surface area is 236 Å². The van der Waals surface area contributed by atoms with Crippen LogP contribution in [0, 0.1) is 0 Å². The van der Waals surface area contributed by atoms with E-state index < -0.39 is 14.8 Å². The molecule has 0 spiro atoms. The van der Waals surface area contributed by atoms with Crippen molar-refractivity contribution in [3.63, 3.8) is 0 Å². The highest BCUT2D eigenvalue weighted by atomic mass is 35.6. The Morgan fingerprint density at radius 2 is 0.579 bits per heavy atom. The molecule has 0 aromatic heterocycles. The highest BCUT2D eigenvalue weighted by molar-refractivity contribution is 7.35. The summed E-state index contributed by atoms with van der Waals surface area (Å²) in [4.78, 5) is 0. The predicted octanol–water partition coefficient (Wildman–Crippen LogP) is 6.50. The minimum Gasteiger partial charge on any atom is -0.154 e. The van der Waals surface area contributed by atoms with Gasteiger partial charge in [-0.05, 0) is 31.9 Å². The second kappa shape index (κ2) is 10.5. The standard InChI is InChI=1S/C34H28Cl2Si2/c35-37(27-15-5-1-6-16-27,28-17-7-2-8-18-28)33-25-26-34(32-24-14-13-23-31(32)33)38(36,29-19-9-3-10-20-29)30-21-11-4-12-22-30/h1-26,33-34H. The summed E-state index contributed by atoms with van der Waals surface area (Å²) >= 11 is 15.9. The van der Waals surface area contributed by atoms with E-state index in [1.807, 2.05) is 0 Å². The Bertz CT molecular complexity index is 1340. The zero-order valence-electron chi connectivity index (χ0n) is 20.9. The molecule has 0 aliphatic heterocycles. The van der Waals surface area contributed by atoms with E-state index in [4.69, 9.17) is 22.2 Å². The van der Waals surface area contributed by atoms with Crippen LogP contribution in [0.5, 0.6) is 0 Å². The van der Waals surface area contributed by atoms with Crippen LogP contribution in [0.3, 0.4) is 0 Å². The first kappa shape index (κ1) is 25.1. The van der Waals surface area contributed by atoms with Crippen molar-refractivity contribution < 1.29 is 0 Å². The number of fused-ring (bicyclic) bond motifs is 1. The maximum Gasteiger partial charge on any atom is 0.228 e. The van der Waals surface area contributed by atoms with Crippen LogP contribution in [-0.2, 0) is 0 Å². The Balaban J connectivity index is 1.57. The molecule has 0 N–H and O–H groups in total. The maximum absolute atomic E-state index is 7.96. The summed E-state index contributed by atoms with van der Waals surface area (Å²) in [5.41, 5.74) is 2.73. The van der Waals surface area contributed by atoms with E-state index in [1.54, 1.807) is 0 Å². The maximum atomic E-state index is 7.96. The van der Waals surface area contributed by atoms with E-state index in [2.05, 4.69) is 158 Å².